The van der Waals surface area contributed by atoms with Gasteiger partial charge in [-0.3, -0.25) is 9.36 Å². The van der Waals surface area contributed by atoms with Crippen molar-refractivity contribution in [3.63, 3.8) is 0 Å². The first-order chi connectivity index (χ1) is 12.9. The molecule has 2 aromatic heterocycles. The molecule has 0 saturated carbocycles. The van der Waals surface area contributed by atoms with Crippen molar-refractivity contribution < 1.29 is 22.7 Å². The highest BCUT2D eigenvalue weighted by Gasteiger charge is 2.30. The minimum atomic E-state index is -4.74. The monoisotopic (exact) mass is 376 g/mol. The molecule has 3 rings (SSSR count). The molecule has 1 amide bonds. The number of hydrogen-bond acceptors (Lipinski definition) is 4. The van der Waals surface area contributed by atoms with Gasteiger partial charge < -0.3 is 10.1 Å². The summed E-state index contributed by atoms with van der Waals surface area (Å²) in [5, 5.41) is 2.75. The van der Waals surface area contributed by atoms with Crippen molar-refractivity contribution in [2.24, 2.45) is 0 Å². The van der Waals surface area contributed by atoms with Crippen LogP contribution in [0.3, 0.4) is 0 Å². The average molecular weight is 376 g/mol. The number of carbonyl (C=O) groups excluding carboxylic acids is 1. The molecule has 0 spiro atoms. The molecule has 2 heterocycles. The summed E-state index contributed by atoms with van der Waals surface area (Å²) in [6.07, 6.45) is 2.02. The van der Waals surface area contributed by atoms with Gasteiger partial charge in [0.1, 0.15) is 17.9 Å². The van der Waals surface area contributed by atoms with Crippen LogP contribution in [0.25, 0.3) is 5.82 Å². The first-order valence-corrected chi connectivity index (χ1v) is 7.94. The Morgan fingerprint density at radius 2 is 1.85 bits per heavy atom. The number of ether oxygens (including phenoxy) is 1. The van der Waals surface area contributed by atoms with Crippen LogP contribution >= 0.6 is 0 Å². The Bertz CT molecular complexity index is 876. The van der Waals surface area contributed by atoms with Crippen molar-refractivity contribution in [3.8, 4) is 11.6 Å². The van der Waals surface area contributed by atoms with Gasteiger partial charge in [0.15, 0.2) is 0 Å². The van der Waals surface area contributed by atoms with Crippen molar-refractivity contribution in [3.05, 3.63) is 72.4 Å². The fourth-order valence-corrected chi connectivity index (χ4v) is 2.33. The molecule has 0 atom stereocenters. The number of halogens is 3. The summed E-state index contributed by atoms with van der Waals surface area (Å²) in [4.78, 5) is 20.2. The standard InChI is InChI=1S/C18H15F3N4O2/c19-18(20,21)27-15-4-1-13(2-5-15)9-17(26)24-11-14-3-6-16(23-10-14)25-8-7-22-12-25/h1-8,10,12H,9,11H2,(H,24,26). The molecule has 1 aromatic carbocycles. The molecule has 0 aliphatic heterocycles. The predicted octanol–water partition coefficient (Wildman–Crippen LogP) is 3.02. The number of alkyl halides is 3. The van der Waals surface area contributed by atoms with E-state index in [-0.39, 0.29) is 18.1 Å². The van der Waals surface area contributed by atoms with E-state index in [1.807, 2.05) is 12.1 Å². The van der Waals surface area contributed by atoms with Gasteiger partial charge in [-0.15, -0.1) is 13.2 Å². The lowest BCUT2D eigenvalue weighted by atomic mass is 10.1. The van der Waals surface area contributed by atoms with Crippen LogP contribution < -0.4 is 10.1 Å². The highest BCUT2D eigenvalue weighted by molar-refractivity contribution is 5.78. The lowest BCUT2D eigenvalue weighted by molar-refractivity contribution is -0.274. The van der Waals surface area contributed by atoms with E-state index in [0.717, 1.165) is 5.56 Å². The molecule has 0 aliphatic rings. The Morgan fingerprint density at radius 3 is 2.44 bits per heavy atom. The smallest absolute Gasteiger partial charge is 0.406 e. The van der Waals surface area contributed by atoms with Crippen LogP contribution in [0.2, 0.25) is 0 Å². The Hall–Kier alpha value is -3.36. The van der Waals surface area contributed by atoms with Crippen LogP contribution in [0.4, 0.5) is 13.2 Å². The third kappa shape index (κ3) is 5.56. The van der Waals surface area contributed by atoms with Crippen molar-refractivity contribution >= 4 is 5.91 Å². The Balaban J connectivity index is 1.49. The number of imidazole rings is 1. The van der Waals surface area contributed by atoms with Crippen molar-refractivity contribution in [2.75, 3.05) is 0 Å². The summed E-state index contributed by atoms with van der Waals surface area (Å²) in [6.45, 7) is 0.297. The summed E-state index contributed by atoms with van der Waals surface area (Å²) in [7, 11) is 0. The van der Waals surface area contributed by atoms with E-state index in [1.165, 1.54) is 24.3 Å². The van der Waals surface area contributed by atoms with Crippen LogP contribution in [-0.4, -0.2) is 26.8 Å². The normalized spacial score (nSPS) is 11.2. The molecule has 9 heteroatoms. The summed E-state index contributed by atoms with van der Waals surface area (Å²) in [5.74, 6) is 0.137. The van der Waals surface area contributed by atoms with Gasteiger partial charge in [0.05, 0.1) is 6.42 Å². The Kier molecular flexibility index (Phi) is 5.39. The molecule has 0 aliphatic carbocycles. The first-order valence-electron chi connectivity index (χ1n) is 7.94. The van der Waals surface area contributed by atoms with Crippen LogP contribution in [0.1, 0.15) is 11.1 Å². The molecule has 0 bridgehead atoms. The molecule has 3 aromatic rings. The second kappa shape index (κ2) is 7.90. The molecule has 0 fully saturated rings. The summed E-state index contributed by atoms with van der Waals surface area (Å²) in [5.41, 5.74) is 1.40. The molecule has 140 valence electrons. The Labute approximate surface area is 152 Å². The van der Waals surface area contributed by atoms with Crippen LogP contribution in [0, 0.1) is 0 Å². The quantitative estimate of drug-likeness (QED) is 0.718. The SMILES string of the molecule is O=C(Cc1ccc(OC(F)(F)F)cc1)NCc1ccc(-n2ccnc2)nc1. The van der Waals surface area contributed by atoms with Crippen LogP contribution in [0.5, 0.6) is 5.75 Å². The zero-order chi connectivity index (χ0) is 19.3. The Morgan fingerprint density at radius 1 is 1.11 bits per heavy atom. The van der Waals surface area contributed by atoms with Crippen molar-refractivity contribution in [1.82, 2.24) is 19.9 Å². The second-order valence-corrected chi connectivity index (χ2v) is 5.64. The van der Waals surface area contributed by atoms with E-state index in [9.17, 15) is 18.0 Å². The van der Waals surface area contributed by atoms with E-state index >= 15 is 0 Å². The number of pyridine rings is 1. The van der Waals surface area contributed by atoms with Crippen LogP contribution in [0.15, 0.2) is 61.3 Å². The van der Waals surface area contributed by atoms with Crippen molar-refractivity contribution in [2.45, 2.75) is 19.3 Å². The highest BCUT2D eigenvalue weighted by Crippen LogP contribution is 2.22. The fourth-order valence-electron chi connectivity index (χ4n) is 2.33. The van der Waals surface area contributed by atoms with Gasteiger partial charge in [0, 0.05) is 25.1 Å². The number of hydrogen-bond donors (Lipinski definition) is 1. The zero-order valence-electron chi connectivity index (χ0n) is 14.0. The van der Waals surface area contributed by atoms with Crippen molar-refractivity contribution in [1.29, 1.82) is 0 Å². The summed E-state index contributed by atoms with van der Waals surface area (Å²) < 4.78 is 41.9. The molecule has 27 heavy (non-hydrogen) atoms. The summed E-state index contributed by atoms with van der Waals surface area (Å²) >= 11 is 0. The van der Waals surface area contributed by atoms with Gasteiger partial charge in [-0.25, -0.2) is 9.97 Å². The lowest BCUT2D eigenvalue weighted by Gasteiger charge is -2.09. The minimum absolute atomic E-state index is 0.0485. The lowest BCUT2D eigenvalue weighted by Crippen LogP contribution is -2.24. The molecule has 0 radical (unpaired) electrons. The maximum atomic E-state index is 12.1. The topological polar surface area (TPSA) is 69.0 Å². The number of rotatable bonds is 6. The van der Waals surface area contributed by atoms with Gasteiger partial charge in [0.25, 0.3) is 0 Å². The van der Waals surface area contributed by atoms with Gasteiger partial charge in [0.2, 0.25) is 5.91 Å². The molecular formula is C18H15F3N4O2. The summed E-state index contributed by atoms with van der Waals surface area (Å²) in [6, 6.07) is 8.84. The average Bonchev–Trinajstić information content (AvgIpc) is 3.16. The van der Waals surface area contributed by atoms with Crippen LogP contribution in [-0.2, 0) is 17.8 Å². The van der Waals surface area contributed by atoms with Gasteiger partial charge >= 0.3 is 6.36 Å². The maximum Gasteiger partial charge on any atom is 0.573 e. The molecule has 6 nitrogen and oxygen atoms in total. The second-order valence-electron chi connectivity index (χ2n) is 5.64. The number of carbonyl (C=O) groups is 1. The maximum absolute atomic E-state index is 12.1. The van der Waals surface area contributed by atoms with E-state index in [0.29, 0.717) is 17.9 Å². The number of benzene rings is 1. The molecule has 0 saturated heterocycles. The highest BCUT2D eigenvalue weighted by atomic mass is 19.4. The number of nitrogens with zero attached hydrogens (tertiary/aromatic N) is 3. The van der Waals surface area contributed by atoms with Gasteiger partial charge in [-0.05, 0) is 29.3 Å². The fraction of sp³-hybridized carbons (Fsp3) is 0.167. The minimum Gasteiger partial charge on any atom is -0.406 e. The third-order valence-corrected chi connectivity index (χ3v) is 3.59. The van der Waals surface area contributed by atoms with Gasteiger partial charge in [-0.2, -0.15) is 0 Å². The van der Waals surface area contributed by atoms with E-state index in [1.54, 1.807) is 29.5 Å². The van der Waals surface area contributed by atoms with E-state index < -0.39 is 6.36 Å². The van der Waals surface area contributed by atoms with E-state index in [2.05, 4.69) is 20.0 Å². The molecule has 1 N–H and O–H groups in total. The first kappa shape index (κ1) is 18.4. The van der Waals surface area contributed by atoms with E-state index in [4.69, 9.17) is 0 Å². The predicted molar refractivity (Wildman–Crippen MR) is 90.0 cm³/mol. The molecule has 0 unspecified atom stereocenters. The van der Waals surface area contributed by atoms with Gasteiger partial charge in [-0.1, -0.05) is 18.2 Å². The number of amides is 1. The third-order valence-electron chi connectivity index (χ3n) is 3.59. The number of aromatic nitrogens is 3. The largest absolute Gasteiger partial charge is 0.573 e. The molecular weight excluding hydrogens is 361 g/mol. The number of nitrogens with one attached hydrogen (secondary N) is 1. The zero-order valence-corrected chi connectivity index (χ0v) is 14.0.